The fraction of sp³-hybridized carbons (Fsp3) is 0.138. The Balaban J connectivity index is 1.87. The minimum absolute atomic E-state index is 0.180. The molecule has 0 heterocycles. The van der Waals surface area contributed by atoms with E-state index in [2.05, 4.69) is 110 Å². The molecule has 0 aliphatic heterocycles. The van der Waals surface area contributed by atoms with Crippen molar-refractivity contribution in [2.45, 2.75) is 19.8 Å². The molecule has 0 atom stereocenters. The van der Waals surface area contributed by atoms with Crippen LogP contribution in [0.3, 0.4) is 0 Å². The normalized spacial score (nSPS) is 10.8. The van der Waals surface area contributed by atoms with Crippen LogP contribution < -0.4 is 15.9 Å². The molecule has 0 saturated carbocycles. The van der Waals surface area contributed by atoms with Gasteiger partial charge >= 0.3 is 5.97 Å². The lowest BCUT2D eigenvalue weighted by Gasteiger charge is -2.23. The highest BCUT2D eigenvalue weighted by atomic mass is 31.1. The minimum atomic E-state index is -0.729. The van der Waals surface area contributed by atoms with Gasteiger partial charge in [-0.1, -0.05) is 109 Å². The predicted octanol–water partition coefficient (Wildman–Crippen LogP) is 5.53. The molecule has 4 aromatic carbocycles. The molecule has 0 bridgehead atoms. The first-order chi connectivity index (χ1) is 15.7. The van der Waals surface area contributed by atoms with Crippen LogP contribution in [0.15, 0.2) is 103 Å². The molecular formula is C29H27O2P. The molecule has 3 heteroatoms. The first kappa shape index (κ1) is 22.0. The van der Waals surface area contributed by atoms with Gasteiger partial charge in [0.1, 0.15) is 0 Å². The molecule has 32 heavy (non-hydrogen) atoms. The molecule has 0 aliphatic carbocycles. The van der Waals surface area contributed by atoms with E-state index in [1.54, 1.807) is 0 Å². The van der Waals surface area contributed by atoms with Crippen LogP contribution in [0, 0.1) is 6.92 Å². The van der Waals surface area contributed by atoms with Crippen molar-refractivity contribution in [3.05, 3.63) is 114 Å². The summed E-state index contributed by atoms with van der Waals surface area (Å²) in [5, 5.41) is 3.97. The van der Waals surface area contributed by atoms with E-state index in [9.17, 15) is 4.79 Å². The molecule has 0 spiro atoms. The Morgan fingerprint density at radius 1 is 0.750 bits per heavy atom. The van der Waals surface area contributed by atoms with Gasteiger partial charge in [0.25, 0.3) is 0 Å². The maximum atomic E-state index is 11.8. The van der Waals surface area contributed by atoms with Crippen LogP contribution in [0.2, 0.25) is 0 Å². The lowest BCUT2D eigenvalue weighted by molar-refractivity contribution is -0.140. The summed E-state index contributed by atoms with van der Waals surface area (Å²) in [6.45, 7) is 2.12. The zero-order valence-corrected chi connectivity index (χ0v) is 19.4. The summed E-state index contributed by atoms with van der Waals surface area (Å²) < 4.78 is 4.88. The van der Waals surface area contributed by atoms with E-state index in [1.165, 1.54) is 45.3 Å². The Morgan fingerprint density at radius 3 is 1.97 bits per heavy atom. The van der Waals surface area contributed by atoms with E-state index < -0.39 is 7.92 Å². The van der Waals surface area contributed by atoms with Crippen molar-refractivity contribution in [2.75, 3.05) is 7.11 Å². The number of methoxy groups -OCH3 is 1. The smallest absolute Gasteiger partial charge is 0.305 e. The number of carbonyl (C=O) groups is 1. The van der Waals surface area contributed by atoms with Gasteiger partial charge in [-0.3, -0.25) is 4.79 Å². The minimum Gasteiger partial charge on any atom is -0.469 e. The molecule has 0 radical (unpaired) electrons. The molecule has 0 saturated heterocycles. The Kier molecular flexibility index (Phi) is 7.14. The Hall–Kier alpha value is -3.22. The Labute approximate surface area is 191 Å². The van der Waals surface area contributed by atoms with Crippen LogP contribution in [-0.4, -0.2) is 13.1 Å². The second-order valence-corrected chi connectivity index (χ2v) is 9.95. The van der Waals surface area contributed by atoms with Gasteiger partial charge in [0.2, 0.25) is 0 Å². The summed E-state index contributed by atoms with van der Waals surface area (Å²) in [6.07, 6.45) is 1.03. The van der Waals surface area contributed by atoms with Gasteiger partial charge in [0.05, 0.1) is 7.11 Å². The highest BCUT2D eigenvalue weighted by Gasteiger charge is 2.21. The van der Waals surface area contributed by atoms with Gasteiger partial charge in [0.15, 0.2) is 0 Å². The molecule has 0 unspecified atom stereocenters. The number of esters is 1. The molecule has 2 nitrogen and oxygen atoms in total. The highest BCUT2D eigenvalue weighted by Crippen LogP contribution is 2.38. The third-order valence-corrected chi connectivity index (χ3v) is 8.06. The van der Waals surface area contributed by atoms with Crippen molar-refractivity contribution < 1.29 is 9.53 Å². The summed E-state index contributed by atoms with van der Waals surface area (Å²) in [5.41, 5.74) is 4.81. The highest BCUT2D eigenvalue weighted by molar-refractivity contribution is 7.80. The molecule has 0 amide bonds. The van der Waals surface area contributed by atoms with E-state index in [4.69, 9.17) is 4.74 Å². The van der Waals surface area contributed by atoms with Gasteiger partial charge in [-0.25, -0.2) is 0 Å². The van der Waals surface area contributed by atoms with Gasteiger partial charge in [-0.2, -0.15) is 0 Å². The molecule has 0 fully saturated rings. The third kappa shape index (κ3) is 4.98. The molecule has 0 N–H and O–H groups in total. The summed E-state index contributed by atoms with van der Waals surface area (Å²) in [7, 11) is 0.716. The number of carbonyl (C=O) groups excluding carboxylic acids is 1. The van der Waals surface area contributed by atoms with E-state index in [0.29, 0.717) is 12.8 Å². The number of aryl methyl sites for hydroxylation is 2. The first-order valence-corrected chi connectivity index (χ1v) is 12.2. The lowest BCUT2D eigenvalue weighted by Crippen LogP contribution is -2.22. The van der Waals surface area contributed by atoms with Crippen molar-refractivity contribution >= 4 is 29.8 Å². The van der Waals surface area contributed by atoms with Crippen molar-refractivity contribution in [2.24, 2.45) is 0 Å². The van der Waals surface area contributed by atoms with E-state index in [0.717, 1.165) is 0 Å². The Morgan fingerprint density at radius 2 is 1.34 bits per heavy atom. The first-order valence-electron chi connectivity index (χ1n) is 10.8. The van der Waals surface area contributed by atoms with Crippen molar-refractivity contribution in [3.8, 4) is 11.1 Å². The van der Waals surface area contributed by atoms with Gasteiger partial charge in [-0.05, 0) is 53.9 Å². The molecule has 0 aromatic heterocycles. The zero-order valence-electron chi connectivity index (χ0n) is 18.5. The lowest BCUT2D eigenvalue weighted by atomic mass is 9.95. The number of hydrogen-bond acceptors (Lipinski definition) is 2. The molecule has 4 rings (SSSR count). The van der Waals surface area contributed by atoms with Crippen LogP contribution in [0.1, 0.15) is 17.5 Å². The van der Waals surface area contributed by atoms with E-state index in [1.807, 2.05) is 0 Å². The van der Waals surface area contributed by atoms with Crippen LogP contribution in [0.25, 0.3) is 11.1 Å². The average Bonchev–Trinajstić information content (AvgIpc) is 2.85. The van der Waals surface area contributed by atoms with Crippen LogP contribution >= 0.6 is 7.92 Å². The van der Waals surface area contributed by atoms with Crippen molar-refractivity contribution in [1.82, 2.24) is 0 Å². The number of benzene rings is 4. The van der Waals surface area contributed by atoms with E-state index >= 15 is 0 Å². The average molecular weight is 439 g/mol. The SMILES string of the molecule is COC(=O)CCc1ccc(C)cc1-c1ccccc1P(c1ccccc1)c1ccccc1. The standard InChI is InChI=1S/C29H27O2P/c1-22-17-18-23(19-20-29(30)31-2)27(21-22)26-15-9-10-16-28(26)32(24-11-5-3-6-12-24)25-13-7-4-8-14-25/h3-18,21H,19-20H2,1-2H3. The number of ether oxygens (including phenoxy) is 1. The van der Waals surface area contributed by atoms with Crippen LogP contribution in [-0.2, 0) is 16.0 Å². The quantitative estimate of drug-likeness (QED) is 0.280. The molecular weight excluding hydrogens is 411 g/mol. The fourth-order valence-corrected chi connectivity index (χ4v) is 6.44. The summed E-state index contributed by atoms with van der Waals surface area (Å²) in [4.78, 5) is 11.8. The second-order valence-electron chi connectivity index (χ2n) is 7.76. The zero-order chi connectivity index (χ0) is 22.3. The largest absolute Gasteiger partial charge is 0.469 e. The van der Waals surface area contributed by atoms with Crippen molar-refractivity contribution in [1.29, 1.82) is 0 Å². The Bertz CT molecular complexity index is 1150. The monoisotopic (exact) mass is 438 g/mol. The van der Waals surface area contributed by atoms with Gasteiger partial charge in [0, 0.05) is 6.42 Å². The van der Waals surface area contributed by atoms with Gasteiger partial charge < -0.3 is 4.74 Å². The molecule has 160 valence electrons. The van der Waals surface area contributed by atoms with E-state index in [-0.39, 0.29) is 5.97 Å². The van der Waals surface area contributed by atoms with Gasteiger partial charge in [-0.15, -0.1) is 0 Å². The predicted molar refractivity (Wildman–Crippen MR) is 136 cm³/mol. The summed E-state index contributed by atoms with van der Waals surface area (Å²) >= 11 is 0. The topological polar surface area (TPSA) is 26.3 Å². The third-order valence-electron chi connectivity index (χ3n) is 5.56. The van der Waals surface area contributed by atoms with Crippen LogP contribution in [0.5, 0.6) is 0 Å². The summed E-state index contributed by atoms with van der Waals surface area (Å²) in [6, 6.07) is 36.7. The molecule has 4 aromatic rings. The maximum absolute atomic E-state index is 11.8. The van der Waals surface area contributed by atoms with Crippen molar-refractivity contribution in [3.63, 3.8) is 0 Å². The fourth-order valence-electron chi connectivity index (χ4n) is 3.98. The maximum Gasteiger partial charge on any atom is 0.305 e. The second kappa shape index (κ2) is 10.4. The number of hydrogen-bond donors (Lipinski definition) is 0. The summed E-state index contributed by atoms with van der Waals surface area (Å²) in [5.74, 6) is -0.180. The van der Waals surface area contributed by atoms with Crippen LogP contribution in [0.4, 0.5) is 0 Å². The molecule has 0 aliphatic rings. The number of rotatable bonds is 7.